The number of alkyl halides is 1. The van der Waals surface area contributed by atoms with Gasteiger partial charge in [-0.25, -0.2) is 14.0 Å². The summed E-state index contributed by atoms with van der Waals surface area (Å²) in [4.78, 5) is 21.5. The number of carboxylic acids is 1. The van der Waals surface area contributed by atoms with Crippen molar-refractivity contribution in [1.29, 1.82) is 0 Å². The molecule has 0 aromatic heterocycles. The molecule has 0 radical (unpaired) electrons. The van der Waals surface area contributed by atoms with E-state index in [1.165, 1.54) is 18.2 Å². The molecule has 0 aliphatic heterocycles. The van der Waals surface area contributed by atoms with Crippen molar-refractivity contribution in [2.45, 2.75) is 0 Å². The zero-order valence-electron chi connectivity index (χ0n) is 7.07. The van der Waals surface area contributed by atoms with Crippen LogP contribution in [0, 0.1) is 0 Å². The highest BCUT2D eigenvalue weighted by Crippen LogP contribution is 2.06. The molecule has 0 aliphatic carbocycles. The number of rotatable bonds is 3. The molecule has 1 N–H and O–H groups in total. The second-order valence-corrected chi connectivity index (χ2v) is 2.43. The first-order chi connectivity index (χ1) is 6.65. The van der Waals surface area contributed by atoms with Crippen LogP contribution in [0.2, 0.25) is 0 Å². The lowest BCUT2D eigenvalue weighted by Gasteiger charge is -2.00. The molecule has 0 aliphatic rings. The van der Waals surface area contributed by atoms with E-state index in [-0.39, 0.29) is 11.1 Å². The molecule has 1 aromatic carbocycles. The molecule has 0 saturated carbocycles. The minimum atomic E-state index is -1.23. The summed E-state index contributed by atoms with van der Waals surface area (Å²) in [7, 11) is 0. The lowest BCUT2D eigenvalue weighted by Crippen LogP contribution is -2.06. The summed E-state index contributed by atoms with van der Waals surface area (Å²) in [5.41, 5.74) is -0.0270. The Balaban J connectivity index is 2.93. The molecule has 0 amide bonds. The topological polar surface area (TPSA) is 63.6 Å². The van der Waals surface area contributed by atoms with Crippen LogP contribution in [0.1, 0.15) is 20.7 Å². The third kappa shape index (κ3) is 2.29. The smallest absolute Gasteiger partial charge is 0.340 e. The van der Waals surface area contributed by atoms with Crippen LogP contribution in [0.25, 0.3) is 0 Å². The number of hydrogen-bond acceptors (Lipinski definition) is 3. The van der Waals surface area contributed by atoms with Crippen molar-refractivity contribution in [3.8, 4) is 0 Å². The SMILES string of the molecule is O=C(O)c1cccc(C(=O)OCF)c1. The Kier molecular flexibility index (Phi) is 3.17. The minimum absolute atomic E-state index is 0.0163. The largest absolute Gasteiger partial charge is 0.478 e. The van der Waals surface area contributed by atoms with E-state index in [2.05, 4.69) is 4.74 Å². The third-order valence-electron chi connectivity index (χ3n) is 1.53. The van der Waals surface area contributed by atoms with Crippen molar-refractivity contribution < 1.29 is 23.8 Å². The van der Waals surface area contributed by atoms with Gasteiger partial charge in [0.05, 0.1) is 11.1 Å². The summed E-state index contributed by atoms with van der Waals surface area (Å²) in [6, 6.07) is 5.19. The Morgan fingerprint density at radius 2 is 2.00 bits per heavy atom. The summed E-state index contributed by atoms with van der Waals surface area (Å²) in [6.45, 7) is -1.23. The van der Waals surface area contributed by atoms with Crippen LogP contribution in [-0.2, 0) is 4.74 Å². The summed E-state index contributed by atoms with van der Waals surface area (Å²) in [5, 5.41) is 8.59. The maximum absolute atomic E-state index is 11.6. The highest BCUT2D eigenvalue weighted by atomic mass is 19.1. The maximum atomic E-state index is 11.6. The van der Waals surface area contributed by atoms with E-state index in [1.807, 2.05) is 0 Å². The van der Waals surface area contributed by atoms with Crippen LogP contribution in [0.4, 0.5) is 4.39 Å². The number of carbonyl (C=O) groups excluding carboxylic acids is 1. The van der Waals surface area contributed by atoms with E-state index >= 15 is 0 Å². The van der Waals surface area contributed by atoms with E-state index < -0.39 is 18.8 Å². The van der Waals surface area contributed by atoms with Crippen LogP contribution < -0.4 is 0 Å². The molecule has 0 atom stereocenters. The molecular weight excluding hydrogens is 191 g/mol. The maximum Gasteiger partial charge on any atom is 0.340 e. The van der Waals surface area contributed by atoms with Gasteiger partial charge in [0.2, 0.25) is 6.86 Å². The fourth-order valence-corrected chi connectivity index (χ4v) is 0.912. The lowest BCUT2D eigenvalue weighted by atomic mass is 10.1. The average Bonchev–Trinajstić information content (AvgIpc) is 2.18. The molecule has 0 saturated heterocycles. The number of esters is 1. The Hall–Kier alpha value is -1.91. The fourth-order valence-electron chi connectivity index (χ4n) is 0.912. The van der Waals surface area contributed by atoms with Gasteiger partial charge in [-0.1, -0.05) is 6.07 Å². The van der Waals surface area contributed by atoms with Gasteiger partial charge in [-0.2, -0.15) is 0 Å². The average molecular weight is 198 g/mol. The Morgan fingerprint density at radius 1 is 1.36 bits per heavy atom. The number of aromatic carboxylic acids is 1. The summed E-state index contributed by atoms with van der Waals surface area (Å²) in [5.74, 6) is -2.03. The van der Waals surface area contributed by atoms with Crippen LogP contribution in [0.15, 0.2) is 24.3 Å². The molecule has 4 nitrogen and oxygen atoms in total. The zero-order chi connectivity index (χ0) is 10.6. The minimum Gasteiger partial charge on any atom is -0.478 e. The molecule has 0 spiro atoms. The quantitative estimate of drug-likeness (QED) is 0.747. The molecule has 0 unspecified atom stereocenters. The van der Waals surface area contributed by atoms with Crippen LogP contribution >= 0.6 is 0 Å². The zero-order valence-corrected chi connectivity index (χ0v) is 7.07. The second kappa shape index (κ2) is 4.36. The highest BCUT2D eigenvalue weighted by molar-refractivity contribution is 5.94. The first-order valence-corrected chi connectivity index (χ1v) is 3.71. The van der Waals surface area contributed by atoms with Crippen molar-refractivity contribution in [2.24, 2.45) is 0 Å². The van der Waals surface area contributed by atoms with Gasteiger partial charge in [0, 0.05) is 0 Å². The second-order valence-electron chi connectivity index (χ2n) is 2.43. The summed E-state index contributed by atoms with van der Waals surface area (Å²) in [6.07, 6.45) is 0. The van der Waals surface area contributed by atoms with Gasteiger partial charge in [0.1, 0.15) is 0 Å². The first kappa shape index (κ1) is 10.2. The number of hydrogen-bond donors (Lipinski definition) is 1. The van der Waals surface area contributed by atoms with E-state index in [4.69, 9.17) is 5.11 Å². The molecule has 1 aromatic rings. The number of carboxylic acid groups (broad SMARTS) is 1. The monoisotopic (exact) mass is 198 g/mol. The number of benzene rings is 1. The van der Waals surface area contributed by atoms with E-state index in [9.17, 15) is 14.0 Å². The van der Waals surface area contributed by atoms with Crippen molar-refractivity contribution >= 4 is 11.9 Å². The van der Waals surface area contributed by atoms with Crippen molar-refractivity contribution in [1.82, 2.24) is 0 Å². The first-order valence-electron chi connectivity index (χ1n) is 3.71. The third-order valence-corrected chi connectivity index (χ3v) is 1.53. The van der Waals surface area contributed by atoms with Crippen molar-refractivity contribution in [3.63, 3.8) is 0 Å². The summed E-state index contributed by atoms with van der Waals surface area (Å²) >= 11 is 0. The molecule has 0 heterocycles. The highest BCUT2D eigenvalue weighted by Gasteiger charge is 2.09. The van der Waals surface area contributed by atoms with Crippen LogP contribution in [0.5, 0.6) is 0 Å². The predicted molar refractivity (Wildman–Crippen MR) is 44.8 cm³/mol. The van der Waals surface area contributed by atoms with Crippen LogP contribution in [-0.4, -0.2) is 23.9 Å². The van der Waals surface area contributed by atoms with Gasteiger partial charge in [-0.3, -0.25) is 0 Å². The Bertz CT molecular complexity index is 362. The Labute approximate surface area is 78.9 Å². The van der Waals surface area contributed by atoms with E-state index in [0.717, 1.165) is 6.07 Å². The van der Waals surface area contributed by atoms with Gasteiger partial charge in [0.25, 0.3) is 0 Å². The van der Waals surface area contributed by atoms with Gasteiger partial charge in [-0.05, 0) is 18.2 Å². The molecular formula is C9H7FO4. The van der Waals surface area contributed by atoms with Gasteiger partial charge in [-0.15, -0.1) is 0 Å². The van der Waals surface area contributed by atoms with Crippen LogP contribution in [0.3, 0.4) is 0 Å². The van der Waals surface area contributed by atoms with Gasteiger partial charge >= 0.3 is 11.9 Å². The van der Waals surface area contributed by atoms with Crippen molar-refractivity contribution in [2.75, 3.05) is 6.86 Å². The molecule has 1 rings (SSSR count). The normalized spacial score (nSPS) is 9.50. The molecule has 0 bridgehead atoms. The predicted octanol–water partition coefficient (Wildman–Crippen LogP) is 1.47. The fraction of sp³-hybridized carbons (Fsp3) is 0.111. The van der Waals surface area contributed by atoms with E-state index in [0.29, 0.717) is 0 Å². The number of halogens is 1. The standard InChI is InChI=1S/C9H7FO4/c10-5-14-9(13)7-3-1-2-6(4-7)8(11)12/h1-4H,5H2,(H,11,12). The number of carbonyl (C=O) groups is 2. The van der Waals surface area contributed by atoms with Gasteiger partial charge < -0.3 is 9.84 Å². The lowest BCUT2D eigenvalue weighted by molar-refractivity contribution is 0.0324. The molecule has 74 valence electrons. The number of ether oxygens (including phenoxy) is 1. The van der Waals surface area contributed by atoms with Crippen molar-refractivity contribution in [3.05, 3.63) is 35.4 Å². The van der Waals surface area contributed by atoms with Gasteiger partial charge in [0.15, 0.2) is 0 Å². The molecule has 14 heavy (non-hydrogen) atoms. The molecule has 0 fully saturated rings. The summed E-state index contributed by atoms with van der Waals surface area (Å²) < 4.78 is 15.7. The molecule has 5 heteroatoms. The van der Waals surface area contributed by atoms with E-state index in [1.54, 1.807) is 0 Å². The Morgan fingerprint density at radius 3 is 2.57 bits per heavy atom.